The molecule has 1 aliphatic carbocycles. The van der Waals surface area contributed by atoms with Crippen LogP contribution in [0.1, 0.15) is 37.7 Å². The van der Waals surface area contributed by atoms with Gasteiger partial charge in [0.05, 0.1) is 0 Å². The highest BCUT2D eigenvalue weighted by atomic mass is 79.9. The number of nitrogens with two attached hydrogens (primary N) is 1. The maximum absolute atomic E-state index is 5.84. The normalized spacial score (nSPS) is 16.8. The maximum Gasteiger partial charge on any atom is 0.0410 e. The lowest BCUT2D eigenvalue weighted by Gasteiger charge is -2.29. The van der Waals surface area contributed by atoms with Crippen molar-refractivity contribution in [3.05, 3.63) is 28.2 Å². The standard InChI is InChI=1S/C15H23BrN2/c1-18(11-12-5-3-2-4-6-12)15-8-7-14(16)9-13(15)10-17/h7-9,12H,2-6,10-11,17H2,1H3. The zero-order chi connectivity index (χ0) is 13.0. The summed E-state index contributed by atoms with van der Waals surface area (Å²) in [6.45, 7) is 1.76. The first-order valence-corrected chi connectivity index (χ1v) is 7.69. The Bertz CT molecular complexity index is 386. The van der Waals surface area contributed by atoms with Crippen molar-refractivity contribution in [1.29, 1.82) is 0 Å². The van der Waals surface area contributed by atoms with Crippen LogP contribution in [0.3, 0.4) is 0 Å². The van der Waals surface area contributed by atoms with Gasteiger partial charge in [0.15, 0.2) is 0 Å². The number of hydrogen-bond acceptors (Lipinski definition) is 2. The summed E-state index contributed by atoms with van der Waals surface area (Å²) < 4.78 is 1.11. The third-order valence-electron chi connectivity index (χ3n) is 3.93. The van der Waals surface area contributed by atoms with E-state index in [0.717, 1.165) is 16.9 Å². The van der Waals surface area contributed by atoms with E-state index in [1.54, 1.807) is 0 Å². The van der Waals surface area contributed by atoms with Crippen molar-refractivity contribution >= 4 is 21.6 Å². The highest BCUT2D eigenvalue weighted by molar-refractivity contribution is 9.10. The molecule has 0 heterocycles. The number of rotatable bonds is 4. The van der Waals surface area contributed by atoms with Gasteiger partial charge in [0, 0.05) is 30.3 Å². The molecule has 2 nitrogen and oxygen atoms in total. The predicted molar refractivity (Wildman–Crippen MR) is 81.9 cm³/mol. The minimum Gasteiger partial charge on any atom is -0.374 e. The van der Waals surface area contributed by atoms with Gasteiger partial charge in [0.1, 0.15) is 0 Å². The van der Waals surface area contributed by atoms with E-state index in [4.69, 9.17) is 5.73 Å². The molecule has 0 amide bonds. The van der Waals surface area contributed by atoms with Gasteiger partial charge in [-0.2, -0.15) is 0 Å². The quantitative estimate of drug-likeness (QED) is 0.913. The van der Waals surface area contributed by atoms with E-state index in [1.165, 1.54) is 43.4 Å². The van der Waals surface area contributed by atoms with Crippen molar-refractivity contribution in [1.82, 2.24) is 0 Å². The van der Waals surface area contributed by atoms with Gasteiger partial charge in [0.2, 0.25) is 0 Å². The summed E-state index contributed by atoms with van der Waals surface area (Å²) in [5, 5.41) is 0. The molecule has 0 bridgehead atoms. The lowest BCUT2D eigenvalue weighted by atomic mass is 9.89. The van der Waals surface area contributed by atoms with Crippen molar-refractivity contribution < 1.29 is 0 Å². The van der Waals surface area contributed by atoms with Crippen molar-refractivity contribution in [3.63, 3.8) is 0 Å². The Morgan fingerprint density at radius 1 is 1.28 bits per heavy atom. The minimum absolute atomic E-state index is 0.601. The van der Waals surface area contributed by atoms with Crippen LogP contribution in [0, 0.1) is 5.92 Å². The van der Waals surface area contributed by atoms with E-state index in [0.29, 0.717) is 6.54 Å². The first-order chi connectivity index (χ1) is 8.70. The van der Waals surface area contributed by atoms with Gasteiger partial charge >= 0.3 is 0 Å². The Labute approximate surface area is 119 Å². The monoisotopic (exact) mass is 310 g/mol. The molecule has 0 atom stereocenters. The summed E-state index contributed by atoms with van der Waals surface area (Å²) in [6.07, 6.45) is 7.01. The average molecular weight is 311 g/mol. The number of halogens is 1. The molecule has 0 unspecified atom stereocenters. The van der Waals surface area contributed by atoms with Crippen molar-refractivity contribution in [2.45, 2.75) is 38.6 Å². The third-order valence-corrected chi connectivity index (χ3v) is 4.42. The molecule has 1 aromatic rings. The van der Waals surface area contributed by atoms with E-state index >= 15 is 0 Å². The maximum atomic E-state index is 5.84. The second-order valence-corrected chi connectivity index (χ2v) is 6.28. The molecule has 1 fully saturated rings. The largest absolute Gasteiger partial charge is 0.374 e. The van der Waals surface area contributed by atoms with E-state index in [1.807, 2.05) is 0 Å². The Morgan fingerprint density at radius 3 is 2.67 bits per heavy atom. The Hall–Kier alpha value is -0.540. The molecule has 0 spiro atoms. The van der Waals surface area contributed by atoms with E-state index in [-0.39, 0.29) is 0 Å². The average Bonchev–Trinajstić information content (AvgIpc) is 2.39. The first-order valence-electron chi connectivity index (χ1n) is 6.90. The molecule has 1 aliphatic rings. The van der Waals surface area contributed by atoms with Crippen LogP contribution in [0.25, 0.3) is 0 Å². The predicted octanol–water partition coefficient (Wildman–Crippen LogP) is 3.92. The van der Waals surface area contributed by atoms with Crippen molar-refractivity contribution in [3.8, 4) is 0 Å². The van der Waals surface area contributed by atoms with Crippen LogP contribution in [0.4, 0.5) is 5.69 Å². The Balaban J connectivity index is 2.05. The summed E-state index contributed by atoms with van der Waals surface area (Å²) in [7, 11) is 2.19. The van der Waals surface area contributed by atoms with Crippen LogP contribution >= 0.6 is 15.9 Å². The molecule has 0 aliphatic heterocycles. The SMILES string of the molecule is CN(CC1CCCCC1)c1ccc(Br)cc1CN. The lowest BCUT2D eigenvalue weighted by molar-refractivity contribution is 0.362. The topological polar surface area (TPSA) is 29.3 Å². The van der Waals surface area contributed by atoms with E-state index in [2.05, 4.69) is 46.1 Å². The van der Waals surface area contributed by atoms with Gasteiger partial charge in [-0.3, -0.25) is 0 Å². The number of hydrogen-bond donors (Lipinski definition) is 1. The molecular formula is C15H23BrN2. The third kappa shape index (κ3) is 3.48. The van der Waals surface area contributed by atoms with E-state index < -0.39 is 0 Å². The summed E-state index contributed by atoms with van der Waals surface area (Å²) in [4.78, 5) is 2.38. The highest BCUT2D eigenvalue weighted by Gasteiger charge is 2.16. The summed E-state index contributed by atoms with van der Waals surface area (Å²) in [6, 6.07) is 6.41. The fourth-order valence-corrected chi connectivity index (χ4v) is 3.35. The van der Waals surface area contributed by atoms with Crippen molar-refractivity contribution in [2.24, 2.45) is 11.7 Å². The second kappa shape index (κ2) is 6.58. The number of anilines is 1. The fourth-order valence-electron chi connectivity index (χ4n) is 2.95. The lowest BCUT2D eigenvalue weighted by Crippen LogP contribution is -2.27. The molecule has 0 saturated heterocycles. The molecule has 3 heteroatoms. The van der Waals surface area contributed by atoms with Gasteiger partial charge < -0.3 is 10.6 Å². The molecule has 2 N–H and O–H groups in total. The summed E-state index contributed by atoms with van der Waals surface area (Å²) in [5.41, 5.74) is 8.35. The first kappa shape index (κ1) is 13.9. The molecule has 1 aromatic carbocycles. The number of benzene rings is 1. The van der Waals surface area contributed by atoms with Crippen LogP contribution in [0.2, 0.25) is 0 Å². The molecule has 18 heavy (non-hydrogen) atoms. The Morgan fingerprint density at radius 2 is 2.00 bits per heavy atom. The molecule has 0 aromatic heterocycles. The van der Waals surface area contributed by atoms with Gasteiger partial charge in [0.25, 0.3) is 0 Å². The summed E-state index contributed by atoms with van der Waals surface area (Å²) in [5.74, 6) is 0.859. The molecular weight excluding hydrogens is 288 g/mol. The summed E-state index contributed by atoms with van der Waals surface area (Å²) >= 11 is 3.51. The van der Waals surface area contributed by atoms with Crippen LogP contribution < -0.4 is 10.6 Å². The minimum atomic E-state index is 0.601. The Kier molecular flexibility index (Phi) is 5.07. The number of nitrogens with zero attached hydrogens (tertiary/aromatic N) is 1. The zero-order valence-electron chi connectivity index (χ0n) is 11.2. The van der Waals surface area contributed by atoms with Crippen LogP contribution in [0.15, 0.2) is 22.7 Å². The van der Waals surface area contributed by atoms with Gasteiger partial charge in [-0.25, -0.2) is 0 Å². The van der Waals surface area contributed by atoms with Gasteiger partial charge in [-0.1, -0.05) is 35.2 Å². The smallest absolute Gasteiger partial charge is 0.0410 e. The van der Waals surface area contributed by atoms with Crippen LogP contribution in [-0.4, -0.2) is 13.6 Å². The van der Waals surface area contributed by atoms with E-state index in [9.17, 15) is 0 Å². The molecule has 2 rings (SSSR count). The molecule has 100 valence electrons. The zero-order valence-corrected chi connectivity index (χ0v) is 12.7. The molecule has 0 radical (unpaired) electrons. The van der Waals surface area contributed by atoms with Gasteiger partial charge in [-0.15, -0.1) is 0 Å². The van der Waals surface area contributed by atoms with Crippen LogP contribution in [-0.2, 0) is 6.54 Å². The second-order valence-electron chi connectivity index (χ2n) is 5.36. The van der Waals surface area contributed by atoms with Crippen LogP contribution in [0.5, 0.6) is 0 Å². The van der Waals surface area contributed by atoms with Gasteiger partial charge in [-0.05, 0) is 42.5 Å². The fraction of sp³-hybridized carbons (Fsp3) is 0.600. The van der Waals surface area contributed by atoms with Crippen molar-refractivity contribution in [2.75, 3.05) is 18.5 Å². The highest BCUT2D eigenvalue weighted by Crippen LogP contribution is 2.28. The molecule has 1 saturated carbocycles.